The molecule has 3 aliphatic carbocycles. The van der Waals surface area contributed by atoms with Crippen molar-refractivity contribution in [3.05, 3.63) is 125 Å². The zero-order chi connectivity index (χ0) is 25.1. The van der Waals surface area contributed by atoms with Crippen molar-refractivity contribution in [1.82, 2.24) is 5.43 Å². The quantitative estimate of drug-likeness (QED) is 0.265. The average molecular weight is 488 g/mol. The van der Waals surface area contributed by atoms with Crippen molar-refractivity contribution in [1.29, 1.82) is 0 Å². The molecule has 2 atom stereocenters. The van der Waals surface area contributed by atoms with Crippen molar-refractivity contribution < 1.29 is 18.8 Å². The number of nitrogens with one attached hydrogen (secondary N) is 1. The van der Waals surface area contributed by atoms with Crippen molar-refractivity contribution in [2.24, 2.45) is 16.9 Å². The van der Waals surface area contributed by atoms with E-state index in [1.165, 1.54) is 11.2 Å². The lowest BCUT2D eigenvalue weighted by Gasteiger charge is -2.52. The van der Waals surface area contributed by atoms with Crippen molar-refractivity contribution in [2.75, 3.05) is 4.90 Å². The Morgan fingerprint density at radius 3 is 2.14 bits per heavy atom. The smallest absolute Gasteiger partial charge is 0.307 e. The minimum atomic E-state index is -1.04. The Morgan fingerprint density at radius 2 is 1.49 bits per heavy atom. The summed E-state index contributed by atoms with van der Waals surface area (Å²) in [5.41, 5.74) is 5.91. The highest BCUT2D eigenvalue weighted by atomic mass is 16.3. The molecule has 4 aliphatic rings. The monoisotopic (exact) mass is 487 g/mol. The number of para-hydroxylation sites is 1. The Balaban J connectivity index is 1.44. The molecule has 3 aromatic carbocycles. The van der Waals surface area contributed by atoms with Crippen LogP contribution >= 0.6 is 0 Å². The second-order valence-corrected chi connectivity index (χ2v) is 9.55. The van der Waals surface area contributed by atoms with E-state index in [4.69, 9.17) is 4.42 Å². The molecule has 0 radical (unpaired) electrons. The van der Waals surface area contributed by atoms with Crippen molar-refractivity contribution in [3.8, 4) is 0 Å². The third-order valence-corrected chi connectivity index (χ3v) is 7.88. The number of hydrazone groups is 1. The number of rotatable bonds is 4. The summed E-state index contributed by atoms with van der Waals surface area (Å²) in [5, 5.41) is 4.37. The molecule has 0 unspecified atom stereocenters. The van der Waals surface area contributed by atoms with E-state index in [9.17, 15) is 14.4 Å². The van der Waals surface area contributed by atoms with Gasteiger partial charge in [0.05, 0.1) is 29.2 Å². The molecule has 1 saturated heterocycles. The SMILES string of the molecule is O=C(N/N=C\C12c3ccccc3C(c3ccccc31)[C@@H]1C(=O)N(c3ccccc3)C(=O)[C@@H]12)c1ccco1. The molecule has 7 heteroatoms. The number of hydrogen-bond acceptors (Lipinski definition) is 5. The number of carbonyl (C=O) groups excluding carboxylic acids is 3. The zero-order valence-corrected chi connectivity index (χ0v) is 19.6. The number of anilines is 1. The number of furan rings is 1. The highest BCUT2D eigenvalue weighted by Crippen LogP contribution is 2.63. The molecule has 1 aliphatic heterocycles. The van der Waals surface area contributed by atoms with Gasteiger partial charge in [0.15, 0.2) is 5.76 Å². The summed E-state index contributed by atoms with van der Waals surface area (Å²) in [7, 11) is 0. The highest BCUT2D eigenvalue weighted by molar-refractivity contribution is 6.25. The van der Waals surface area contributed by atoms with Crippen LogP contribution in [0.1, 0.15) is 38.7 Å². The minimum Gasteiger partial charge on any atom is -0.459 e. The van der Waals surface area contributed by atoms with Crippen molar-refractivity contribution >= 4 is 29.6 Å². The zero-order valence-electron chi connectivity index (χ0n) is 19.6. The maximum absolute atomic E-state index is 14.2. The van der Waals surface area contributed by atoms with Gasteiger partial charge in [-0.25, -0.2) is 10.3 Å². The van der Waals surface area contributed by atoms with Crippen LogP contribution in [-0.4, -0.2) is 23.9 Å². The molecule has 37 heavy (non-hydrogen) atoms. The van der Waals surface area contributed by atoms with Gasteiger partial charge in [-0.05, 0) is 46.5 Å². The van der Waals surface area contributed by atoms with Crippen LogP contribution in [0.2, 0.25) is 0 Å². The predicted molar refractivity (Wildman–Crippen MR) is 136 cm³/mol. The maximum Gasteiger partial charge on any atom is 0.307 e. The van der Waals surface area contributed by atoms with E-state index in [1.807, 2.05) is 66.7 Å². The summed E-state index contributed by atoms with van der Waals surface area (Å²) >= 11 is 0. The molecule has 0 saturated carbocycles. The van der Waals surface area contributed by atoms with Crippen LogP contribution in [0, 0.1) is 11.8 Å². The highest BCUT2D eigenvalue weighted by Gasteiger charge is 2.68. The molecular formula is C30H21N3O4. The number of carbonyl (C=O) groups is 3. The number of imide groups is 1. The molecule has 3 amide bonds. The van der Waals surface area contributed by atoms with E-state index >= 15 is 0 Å². The van der Waals surface area contributed by atoms with Gasteiger partial charge < -0.3 is 4.42 Å². The molecule has 0 spiro atoms. The van der Waals surface area contributed by atoms with E-state index in [1.54, 1.807) is 30.5 Å². The van der Waals surface area contributed by atoms with Crippen LogP contribution in [-0.2, 0) is 15.0 Å². The van der Waals surface area contributed by atoms with Crippen LogP contribution in [0.5, 0.6) is 0 Å². The van der Waals surface area contributed by atoms with Crippen LogP contribution < -0.4 is 10.3 Å². The Morgan fingerprint density at radius 1 is 0.838 bits per heavy atom. The first-order valence-corrected chi connectivity index (χ1v) is 12.1. The van der Waals surface area contributed by atoms with Gasteiger partial charge in [0.25, 0.3) is 0 Å². The standard InChI is InChI=1S/C30H21N3O4/c34-27(23-15-8-16-37-23)32-31-17-30-21-13-6-4-11-19(21)24(20-12-5-7-14-22(20)30)25-26(30)29(36)33(28(25)35)18-9-2-1-3-10-18/h1-17,24-26H,(H,32,34)/b31-17-/t24?,25-,26+,30?/m0/s1. The number of hydrogen-bond donors (Lipinski definition) is 1. The Bertz CT molecular complexity index is 1540. The number of nitrogens with zero attached hydrogens (tertiary/aromatic N) is 2. The van der Waals surface area contributed by atoms with Crippen LogP contribution in [0.3, 0.4) is 0 Å². The summed E-state index contributed by atoms with van der Waals surface area (Å²) in [6.45, 7) is 0. The van der Waals surface area contributed by atoms with Gasteiger partial charge in [-0.1, -0.05) is 66.7 Å². The third kappa shape index (κ3) is 2.82. The fourth-order valence-electron chi connectivity index (χ4n) is 6.54. The molecule has 1 aromatic heterocycles. The summed E-state index contributed by atoms with van der Waals surface area (Å²) < 4.78 is 5.18. The number of amides is 3. The molecule has 2 bridgehead atoms. The van der Waals surface area contributed by atoms with Gasteiger partial charge in [-0.15, -0.1) is 0 Å². The Hall–Kier alpha value is -4.78. The molecule has 4 aromatic rings. The summed E-state index contributed by atoms with van der Waals surface area (Å²) in [4.78, 5) is 42.1. The largest absolute Gasteiger partial charge is 0.459 e. The van der Waals surface area contributed by atoms with E-state index < -0.39 is 23.2 Å². The summed E-state index contributed by atoms with van der Waals surface area (Å²) in [6.07, 6.45) is 3.05. The van der Waals surface area contributed by atoms with Gasteiger partial charge in [-0.3, -0.25) is 14.4 Å². The number of benzene rings is 3. The second-order valence-electron chi connectivity index (χ2n) is 9.55. The van der Waals surface area contributed by atoms with E-state index in [0.29, 0.717) is 5.69 Å². The van der Waals surface area contributed by atoms with E-state index in [0.717, 1.165) is 22.3 Å². The summed E-state index contributed by atoms with van der Waals surface area (Å²) in [5.74, 6) is -2.41. The lowest BCUT2D eigenvalue weighted by Crippen LogP contribution is -2.54. The minimum absolute atomic E-state index is 0.128. The van der Waals surface area contributed by atoms with Gasteiger partial charge in [0.2, 0.25) is 11.8 Å². The first-order valence-electron chi connectivity index (χ1n) is 12.1. The predicted octanol–water partition coefficient (Wildman–Crippen LogP) is 4.25. The Kier molecular flexibility index (Phi) is 4.57. The van der Waals surface area contributed by atoms with Crippen LogP contribution in [0.25, 0.3) is 0 Å². The lowest BCUT2D eigenvalue weighted by molar-refractivity contribution is -0.122. The molecule has 2 heterocycles. The topological polar surface area (TPSA) is 92.0 Å². The third-order valence-electron chi connectivity index (χ3n) is 7.88. The molecule has 180 valence electrons. The van der Waals surface area contributed by atoms with Gasteiger partial charge in [0.1, 0.15) is 0 Å². The molecular weight excluding hydrogens is 466 g/mol. The van der Waals surface area contributed by atoms with Crippen molar-refractivity contribution in [3.63, 3.8) is 0 Å². The summed E-state index contributed by atoms with van der Waals surface area (Å²) in [6, 6.07) is 28.0. The first-order chi connectivity index (χ1) is 18.1. The Labute approximate surface area is 212 Å². The van der Waals surface area contributed by atoms with Gasteiger partial charge in [0, 0.05) is 12.1 Å². The maximum atomic E-state index is 14.2. The normalized spacial score (nSPS) is 25.2. The van der Waals surface area contributed by atoms with Gasteiger partial charge in [-0.2, -0.15) is 5.10 Å². The molecule has 1 fully saturated rings. The first kappa shape index (κ1) is 21.5. The fraction of sp³-hybridized carbons (Fsp3) is 0.133. The second kappa shape index (κ2) is 7.86. The van der Waals surface area contributed by atoms with Crippen LogP contribution in [0.15, 0.2) is 107 Å². The lowest BCUT2D eigenvalue weighted by atomic mass is 9.47. The average Bonchev–Trinajstić information content (AvgIpc) is 3.57. The van der Waals surface area contributed by atoms with Gasteiger partial charge >= 0.3 is 5.91 Å². The molecule has 7 nitrogen and oxygen atoms in total. The van der Waals surface area contributed by atoms with E-state index in [2.05, 4.69) is 10.5 Å². The van der Waals surface area contributed by atoms with Crippen LogP contribution in [0.4, 0.5) is 5.69 Å². The molecule has 8 rings (SSSR count). The van der Waals surface area contributed by atoms with Crippen molar-refractivity contribution in [2.45, 2.75) is 11.3 Å². The van der Waals surface area contributed by atoms with E-state index in [-0.39, 0.29) is 23.5 Å². The fourth-order valence-corrected chi connectivity index (χ4v) is 6.54. The molecule has 1 N–H and O–H groups in total.